The number of piperidine rings is 1. The fourth-order valence-electron chi connectivity index (χ4n) is 7.94. The second-order valence-corrected chi connectivity index (χ2v) is 13.6. The first-order chi connectivity index (χ1) is 24.4. The summed E-state index contributed by atoms with van der Waals surface area (Å²) in [6.45, 7) is 8.12. The number of likely N-dealkylation sites (tertiary alicyclic amines) is 2. The Morgan fingerprint density at radius 2 is 1.70 bits per heavy atom. The Morgan fingerprint density at radius 3 is 2.40 bits per heavy atom. The molecule has 4 heterocycles. The van der Waals surface area contributed by atoms with Crippen LogP contribution in [0.2, 0.25) is 0 Å². The number of ether oxygens (including phenoxy) is 1. The number of aryl methyl sites for hydroxylation is 4. The number of fused-ring (bicyclic) bond motifs is 3. The molecule has 11 heteroatoms. The molecule has 2 aliphatic heterocycles. The lowest BCUT2D eigenvalue weighted by Crippen LogP contribution is -2.45. The van der Waals surface area contributed by atoms with E-state index in [2.05, 4.69) is 46.5 Å². The Labute approximate surface area is 294 Å². The summed E-state index contributed by atoms with van der Waals surface area (Å²) in [5, 5.41) is 11.3. The SMILES string of the molecule is CCc1cccc(CC)c1NC(=O)c1nn(C)c2c1CCCc1cnc(Nc3ccc(C(=O)N4CCC(N5CCCC5)CC4)cc3OC)nc1-2. The van der Waals surface area contributed by atoms with Gasteiger partial charge in [-0.3, -0.25) is 14.3 Å². The second-order valence-electron chi connectivity index (χ2n) is 13.6. The van der Waals surface area contributed by atoms with Gasteiger partial charge in [-0.1, -0.05) is 32.0 Å². The van der Waals surface area contributed by atoms with Crippen molar-refractivity contribution < 1.29 is 14.3 Å². The summed E-state index contributed by atoms with van der Waals surface area (Å²) < 4.78 is 7.52. The van der Waals surface area contributed by atoms with Gasteiger partial charge in [0.05, 0.1) is 24.2 Å². The summed E-state index contributed by atoms with van der Waals surface area (Å²) >= 11 is 0. The fourth-order valence-corrected chi connectivity index (χ4v) is 7.94. The zero-order valence-corrected chi connectivity index (χ0v) is 29.7. The van der Waals surface area contributed by atoms with Crippen LogP contribution in [0.1, 0.15) is 89.1 Å². The highest BCUT2D eigenvalue weighted by Crippen LogP contribution is 2.35. The summed E-state index contributed by atoms with van der Waals surface area (Å²) in [6.07, 6.45) is 10.5. The third-order valence-electron chi connectivity index (χ3n) is 10.7. The summed E-state index contributed by atoms with van der Waals surface area (Å²) in [7, 11) is 3.47. The van der Waals surface area contributed by atoms with Gasteiger partial charge >= 0.3 is 0 Å². The van der Waals surface area contributed by atoms with E-state index >= 15 is 0 Å². The molecule has 0 spiro atoms. The molecular weight excluding hydrogens is 628 g/mol. The van der Waals surface area contributed by atoms with Crippen molar-refractivity contribution in [1.29, 1.82) is 0 Å². The van der Waals surface area contributed by atoms with E-state index in [0.717, 1.165) is 90.9 Å². The first-order valence-electron chi connectivity index (χ1n) is 18.2. The second kappa shape index (κ2) is 14.6. The summed E-state index contributed by atoms with van der Waals surface area (Å²) in [4.78, 5) is 41.5. The average molecular weight is 677 g/mol. The number of aromatic nitrogens is 4. The average Bonchev–Trinajstić information content (AvgIpc) is 3.76. The van der Waals surface area contributed by atoms with Gasteiger partial charge in [-0.25, -0.2) is 9.97 Å². The quantitative estimate of drug-likeness (QED) is 0.216. The van der Waals surface area contributed by atoms with Gasteiger partial charge in [0.15, 0.2) is 5.69 Å². The van der Waals surface area contributed by atoms with E-state index in [1.165, 1.54) is 25.9 Å². The molecule has 2 saturated heterocycles. The predicted molar refractivity (Wildman–Crippen MR) is 195 cm³/mol. The number of rotatable bonds is 9. The van der Waals surface area contributed by atoms with Crippen molar-refractivity contribution in [2.24, 2.45) is 7.05 Å². The van der Waals surface area contributed by atoms with E-state index in [1.807, 2.05) is 36.3 Å². The highest BCUT2D eigenvalue weighted by atomic mass is 16.5. The van der Waals surface area contributed by atoms with Crippen molar-refractivity contribution in [2.75, 3.05) is 43.9 Å². The number of benzene rings is 2. The lowest BCUT2D eigenvalue weighted by atomic mass is 10.0. The summed E-state index contributed by atoms with van der Waals surface area (Å²) in [6, 6.07) is 12.3. The zero-order valence-electron chi connectivity index (χ0n) is 29.7. The minimum Gasteiger partial charge on any atom is -0.495 e. The molecule has 11 nitrogen and oxygen atoms in total. The van der Waals surface area contributed by atoms with Gasteiger partial charge in [0.25, 0.3) is 11.8 Å². The molecule has 0 atom stereocenters. The van der Waals surface area contributed by atoms with Gasteiger partial charge in [-0.15, -0.1) is 0 Å². The maximum atomic E-state index is 13.8. The van der Waals surface area contributed by atoms with Crippen LogP contribution in [0.15, 0.2) is 42.6 Å². The summed E-state index contributed by atoms with van der Waals surface area (Å²) in [5.74, 6) is 0.766. The van der Waals surface area contributed by atoms with Gasteiger partial charge in [0, 0.05) is 49.2 Å². The summed E-state index contributed by atoms with van der Waals surface area (Å²) in [5.41, 5.74) is 8.29. The molecule has 50 heavy (non-hydrogen) atoms. The number of methoxy groups -OCH3 is 1. The molecule has 3 aliphatic rings. The van der Waals surface area contributed by atoms with Crippen LogP contribution in [0.5, 0.6) is 5.75 Å². The van der Waals surface area contributed by atoms with Crippen LogP contribution >= 0.6 is 0 Å². The van der Waals surface area contributed by atoms with Gasteiger partial charge in [0.2, 0.25) is 5.95 Å². The number of anilines is 3. The van der Waals surface area contributed by atoms with Gasteiger partial charge in [0.1, 0.15) is 5.75 Å². The van der Waals surface area contributed by atoms with Crippen LogP contribution in [-0.2, 0) is 32.7 Å². The van der Waals surface area contributed by atoms with Crippen molar-refractivity contribution >= 4 is 29.1 Å². The lowest BCUT2D eigenvalue weighted by Gasteiger charge is -2.36. The molecule has 0 unspecified atom stereocenters. The lowest BCUT2D eigenvalue weighted by molar-refractivity contribution is 0.0644. The van der Waals surface area contributed by atoms with Crippen molar-refractivity contribution in [2.45, 2.75) is 77.7 Å². The number of carbonyl (C=O) groups is 2. The van der Waals surface area contributed by atoms with Crippen LogP contribution < -0.4 is 15.4 Å². The molecular formula is C39H48N8O3. The highest BCUT2D eigenvalue weighted by molar-refractivity contribution is 6.05. The molecule has 0 saturated carbocycles. The largest absolute Gasteiger partial charge is 0.495 e. The first-order valence-corrected chi connectivity index (χ1v) is 18.2. The Hall–Kier alpha value is -4.77. The molecule has 2 amide bonds. The third-order valence-corrected chi connectivity index (χ3v) is 10.7. The Morgan fingerprint density at radius 1 is 0.960 bits per heavy atom. The maximum Gasteiger partial charge on any atom is 0.276 e. The number of amides is 2. The van der Waals surface area contributed by atoms with Gasteiger partial charge in [-0.05, 0) is 106 Å². The Bertz CT molecular complexity index is 1870. The molecule has 0 radical (unpaired) electrons. The topological polar surface area (TPSA) is 118 Å². The van der Waals surface area contributed by atoms with Crippen molar-refractivity contribution in [3.63, 3.8) is 0 Å². The monoisotopic (exact) mass is 676 g/mol. The molecule has 0 bridgehead atoms. The molecule has 1 aliphatic carbocycles. The van der Waals surface area contributed by atoms with E-state index in [-0.39, 0.29) is 11.8 Å². The van der Waals surface area contributed by atoms with E-state index in [0.29, 0.717) is 41.1 Å². The van der Waals surface area contributed by atoms with Crippen LogP contribution in [0.3, 0.4) is 0 Å². The minimum absolute atomic E-state index is 0.0312. The molecule has 2 N–H and O–H groups in total. The molecule has 2 fully saturated rings. The molecule has 7 rings (SSSR count). The van der Waals surface area contributed by atoms with Crippen LogP contribution in [0, 0.1) is 0 Å². The van der Waals surface area contributed by atoms with Crippen LogP contribution in [0.4, 0.5) is 17.3 Å². The van der Waals surface area contributed by atoms with E-state index in [1.54, 1.807) is 17.9 Å². The number of para-hydroxylation sites is 1. The van der Waals surface area contributed by atoms with Crippen molar-refractivity contribution in [3.05, 3.63) is 76.1 Å². The number of carbonyl (C=O) groups excluding carboxylic acids is 2. The highest BCUT2D eigenvalue weighted by Gasteiger charge is 2.30. The number of hydrogen-bond donors (Lipinski definition) is 2. The van der Waals surface area contributed by atoms with E-state index in [9.17, 15) is 9.59 Å². The first kappa shape index (κ1) is 33.7. The number of hydrogen-bond acceptors (Lipinski definition) is 8. The van der Waals surface area contributed by atoms with Crippen LogP contribution in [-0.4, -0.2) is 80.7 Å². The molecule has 262 valence electrons. The van der Waals surface area contributed by atoms with Crippen molar-refractivity contribution in [3.8, 4) is 17.1 Å². The number of nitrogens with one attached hydrogen (secondary N) is 2. The Balaban J connectivity index is 1.11. The standard InChI is InChI=1S/C39H48N8O3/c1-5-25-11-9-12-26(6-2)33(25)42-37(48)35-30-14-10-13-28-24-40-39(43-34(28)36(30)45(3)44-35)41-31-16-15-27(23-32(31)50-4)38(49)47-21-17-29(18-22-47)46-19-7-8-20-46/h9,11-12,15-16,23-24,29H,5-8,10,13-14,17-22H2,1-4H3,(H,42,48)(H,40,41,43). The third kappa shape index (κ3) is 6.58. The Kier molecular flexibility index (Phi) is 9.85. The van der Waals surface area contributed by atoms with Gasteiger partial charge < -0.3 is 25.2 Å². The van der Waals surface area contributed by atoms with Crippen LogP contribution in [0.25, 0.3) is 11.4 Å². The fraction of sp³-hybridized carbons (Fsp3) is 0.462. The molecule has 4 aromatic rings. The molecule has 2 aromatic carbocycles. The maximum absolute atomic E-state index is 13.8. The normalized spacial score (nSPS) is 16.4. The predicted octanol–water partition coefficient (Wildman–Crippen LogP) is 6.20. The number of nitrogens with zero attached hydrogens (tertiary/aromatic N) is 6. The molecule has 2 aromatic heterocycles. The van der Waals surface area contributed by atoms with E-state index in [4.69, 9.17) is 14.8 Å². The minimum atomic E-state index is -0.205. The van der Waals surface area contributed by atoms with Crippen molar-refractivity contribution in [1.82, 2.24) is 29.5 Å². The van der Waals surface area contributed by atoms with E-state index < -0.39 is 0 Å². The smallest absolute Gasteiger partial charge is 0.276 e. The zero-order chi connectivity index (χ0) is 34.8. The van der Waals surface area contributed by atoms with Gasteiger partial charge in [-0.2, -0.15) is 5.10 Å².